The number of hydrogen-bond donors (Lipinski definition) is 0. The van der Waals surface area contributed by atoms with Crippen LogP contribution in [-0.4, -0.2) is 15.0 Å². The molecule has 1 aliphatic rings. The fourth-order valence-electron chi connectivity index (χ4n) is 7.41. The highest BCUT2D eigenvalue weighted by molar-refractivity contribution is 6.08. The Kier molecular flexibility index (Phi) is 6.80. The molecule has 49 heavy (non-hydrogen) atoms. The van der Waals surface area contributed by atoms with Gasteiger partial charge in [-0.15, -0.1) is 0 Å². The van der Waals surface area contributed by atoms with Crippen molar-refractivity contribution in [3.63, 3.8) is 0 Å². The smallest absolute Gasteiger partial charge is 0.164 e. The van der Waals surface area contributed by atoms with E-state index in [1.807, 2.05) is 60.7 Å². The third-order valence-corrected chi connectivity index (χ3v) is 9.92. The second kappa shape index (κ2) is 11.5. The molecule has 9 rings (SSSR count). The quantitative estimate of drug-likeness (QED) is 0.191. The average molecular weight is 628 g/mol. The zero-order valence-corrected chi connectivity index (χ0v) is 27.4. The lowest BCUT2D eigenvalue weighted by Crippen LogP contribution is -2.14. The first-order valence-corrected chi connectivity index (χ1v) is 16.8. The van der Waals surface area contributed by atoms with Crippen LogP contribution in [0.4, 0.5) is 0 Å². The molecule has 1 aromatic heterocycles. The lowest BCUT2D eigenvalue weighted by molar-refractivity contribution is 0.661. The highest BCUT2D eigenvalue weighted by atomic mass is 15.0. The Bertz CT molecular complexity index is 2440. The van der Waals surface area contributed by atoms with E-state index in [-0.39, 0.29) is 5.41 Å². The monoisotopic (exact) mass is 627 g/mol. The minimum atomic E-state index is -0.0755. The summed E-state index contributed by atoms with van der Waals surface area (Å²) in [6.07, 6.45) is 0. The van der Waals surface area contributed by atoms with Crippen LogP contribution in [0.25, 0.3) is 78.3 Å². The molecule has 1 heterocycles. The van der Waals surface area contributed by atoms with Crippen molar-refractivity contribution in [2.75, 3.05) is 0 Å². The Morgan fingerprint density at radius 3 is 1.55 bits per heavy atom. The molecule has 0 saturated heterocycles. The van der Waals surface area contributed by atoms with Crippen molar-refractivity contribution >= 4 is 10.8 Å². The molecule has 0 N–H and O–H groups in total. The van der Waals surface area contributed by atoms with Crippen molar-refractivity contribution in [3.8, 4) is 67.5 Å². The summed E-state index contributed by atoms with van der Waals surface area (Å²) in [6.45, 7) is 4.71. The molecule has 232 valence electrons. The number of benzene rings is 7. The maximum absolute atomic E-state index is 4.93. The first kappa shape index (κ1) is 29.0. The second-order valence-electron chi connectivity index (χ2n) is 13.3. The Morgan fingerprint density at radius 2 is 0.878 bits per heavy atom. The van der Waals surface area contributed by atoms with Gasteiger partial charge in [0.25, 0.3) is 0 Å². The van der Waals surface area contributed by atoms with Gasteiger partial charge in [-0.25, -0.2) is 15.0 Å². The minimum absolute atomic E-state index is 0.0755. The maximum atomic E-state index is 4.93. The Hall–Kier alpha value is -6.19. The molecule has 0 fully saturated rings. The standard InChI is InChI=1S/C46H33N3/c1-46(2)39-23-12-11-22-38(39)42-40(46)29-35-18-9-10-21-37(35)41(42)36-20-13-19-34(28-36)30-24-26-33(27-25-30)45-48-43(31-14-5-3-6-15-31)47-44(49-45)32-16-7-4-8-17-32/h3-29H,1-2H3. The van der Waals surface area contributed by atoms with Crippen molar-refractivity contribution in [1.82, 2.24) is 15.0 Å². The normalized spacial score (nSPS) is 12.9. The molecule has 0 atom stereocenters. The average Bonchev–Trinajstić information content (AvgIpc) is 3.40. The molecular weight excluding hydrogens is 595 g/mol. The number of rotatable bonds is 5. The summed E-state index contributed by atoms with van der Waals surface area (Å²) >= 11 is 0. The fraction of sp³-hybridized carbons (Fsp3) is 0.0652. The van der Waals surface area contributed by atoms with Crippen molar-refractivity contribution in [3.05, 3.63) is 175 Å². The van der Waals surface area contributed by atoms with Crippen LogP contribution in [0.3, 0.4) is 0 Å². The van der Waals surface area contributed by atoms with Crippen molar-refractivity contribution < 1.29 is 0 Å². The molecule has 0 saturated carbocycles. The van der Waals surface area contributed by atoms with E-state index in [9.17, 15) is 0 Å². The third-order valence-electron chi connectivity index (χ3n) is 9.92. The van der Waals surface area contributed by atoms with Crippen LogP contribution in [0.2, 0.25) is 0 Å². The van der Waals surface area contributed by atoms with Gasteiger partial charge in [0, 0.05) is 22.1 Å². The van der Waals surface area contributed by atoms with Crippen molar-refractivity contribution in [1.29, 1.82) is 0 Å². The van der Waals surface area contributed by atoms with Crippen LogP contribution < -0.4 is 0 Å². The van der Waals surface area contributed by atoms with E-state index in [2.05, 4.69) is 117 Å². The maximum Gasteiger partial charge on any atom is 0.164 e. The molecular formula is C46H33N3. The van der Waals surface area contributed by atoms with Gasteiger partial charge in [-0.1, -0.05) is 166 Å². The van der Waals surface area contributed by atoms with Crippen LogP contribution in [0.1, 0.15) is 25.0 Å². The van der Waals surface area contributed by atoms with Crippen LogP contribution in [0.5, 0.6) is 0 Å². The Morgan fingerprint density at radius 1 is 0.367 bits per heavy atom. The molecule has 0 bridgehead atoms. The van der Waals surface area contributed by atoms with Crippen LogP contribution in [0, 0.1) is 0 Å². The van der Waals surface area contributed by atoms with E-state index in [1.54, 1.807) is 0 Å². The van der Waals surface area contributed by atoms with E-state index in [0.29, 0.717) is 17.5 Å². The van der Waals surface area contributed by atoms with Gasteiger partial charge in [-0.05, 0) is 67.4 Å². The molecule has 0 aliphatic heterocycles. The van der Waals surface area contributed by atoms with Gasteiger partial charge in [0.2, 0.25) is 0 Å². The SMILES string of the molecule is CC1(C)c2ccccc2-c2c1cc1ccccc1c2-c1cccc(-c2ccc(-c3nc(-c4ccccc4)nc(-c4ccccc4)n3)cc2)c1. The first-order valence-electron chi connectivity index (χ1n) is 16.8. The lowest BCUT2D eigenvalue weighted by Gasteiger charge is -2.23. The highest BCUT2D eigenvalue weighted by Gasteiger charge is 2.37. The molecule has 0 spiro atoms. The molecule has 1 aliphatic carbocycles. The zero-order chi connectivity index (χ0) is 33.0. The zero-order valence-electron chi connectivity index (χ0n) is 27.4. The molecule has 0 unspecified atom stereocenters. The van der Waals surface area contributed by atoms with Gasteiger partial charge in [0.15, 0.2) is 17.5 Å². The molecule has 3 heteroatoms. The highest BCUT2D eigenvalue weighted by Crippen LogP contribution is 2.54. The molecule has 3 nitrogen and oxygen atoms in total. The van der Waals surface area contributed by atoms with E-state index >= 15 is 0 Å². The Labute approximate surface area is 286 Å². The summed E-state index contributed by atoms with van der Waals surface area (Å²) in [5.74, 6) is 1.97. The van der Waals surface area contributed by atoms with Crippen LogP contribution in [-0.2, 0) is 5.41 Å². The second-order valence-corrected chi connectivity index (χ2v) is 13.3. The topological polar surface area (TPSA) is 38.7 Å². The summed E-state index contributed by atoms with van der Waals surface area (Å²) in [6, 6.07) is 57.9. The van der Waals surface area contributed by atoms with Gasteiger partial charge in [-0.2, -0.15) is 0 Å². The van der Waals surface area contributed by atoms with Gasteiger partial charge in [-0.3, -0.25) is 0 Å². The number of fused-ring (bicyclic) bond motifs is 4. The molecule has 8 aromatic rings. The largest absolute Gasteiger partial charge is 0.208 e. The van der Waals surface area contributed by atoms with E-state index in [0.717, 1.165) is 22.3 Å². The van der Waals surface area contributed by atoms with Crippen molar-refractivity contribution in [2.45, 2.75) is 19.3 Å². The predicted octanol–water partition coefficient (Wildman–Crippen LogP) is 11.7. The molecule has 0 radical (unpaired) electrons. The summed E-state index contributed by atoms with van der Waals surface area (Å²) in [5.41, 5.74) is 13.1. The third kappa shape index (κ3) is 4.94. The summed E-state index contributed by atoms with van der Waals surface area (Å²) in [4.78, 5) is 14.7. The minimum Gasteiger partial charge on any atom is -0.208 e. The van der Waals surface area contributed by atoms with E-state index < -0.39 is 0 Å². The summed E-state index contributed by atoms with van der Waals surface area (Å²) in [7, 11) is 0. The molecule has 0 amide bonds. The predicted molar refractivity (Wildman–Crippen MR) is 202 cm³/mol. The Balaban J connectivity index is 1.14. The van der Waals surface area contributed by atoms with Gasteiger partial charge in [0.1, 0.15) is 0 Å². The number of aromatic nitrogens is 3. The van der Waals surface area contributed by atoms with Crippen LogP contribution >= 0.6 is 0 Å². The lowest BCUT2D eigenvalue weighted by atomic mass is 9.80. The van der Waals surface area contributed by atoms with Crippen molar-refractivity contribution in [2.24, 2.45) is 0 Å². The van der Waals surface area contributed by atoms with Crippen LogP contribution in [0.15, 0.2) is 164 Å². The van der Waals surface area contributed by atoms with Gasteiger partial charge in [0.05, 0.1) is 0 Å². The summed E-state index contributed by atoms with van der Waals surface area (Å²) < 4.78 is 0. The van der Waals surface area contributed by atoms with E-state index in [4.69, 9.17) is 15.0 Å². The summed E-state index contributed by atoms with van der Waals surface area (Å²) in [5, 5.41) is 2.55. The van der Waals surface area contributed by atoms with E-state index in [1.165, 1.54) is 49.7 Å². The van der Waals surface area contributed by atoms with Gasteiger partial charge >= 0.3 is 0 Å². The molecule has 7 aromatic carbocycles. The number of hydrogen-bond acceptors (Lipinski definition) is 3. The number of nitrogens with zero attached hydrogens (tertiary/aromatic N) is 3. The fourth-order valence-corrected chi connectivity index (χ4v) is 7.41. The van der Waals surface area contributed by atoms with Gasteiger partial charge < -0.3 is 0 Å². The first-order chi connectivity index (χ1) is 24.0.